The quantitative estimate of drug-likeness (QED) is 0.840. The molecule has 1 aromatic heterocycles. The number of hydrogen-bond donors (Lipinski definition) is 1. The van der Waals surface area contributed by atoms with Crippen LogP contribution in [0, 0.1) is 19.7 Å². The molecule has 0 saturated carbocycles. The van der Waals surface area contributed by atoms with Gasteiger partial charge in [-0.05, 0) is 13.0 Å². The van der Waals surface area contributed by atoms with E-state index in [4.69, 9.17) is 10.3 Å². The van der Waals surface area contributed by atoms with Crippen LogP contribution in [0.25, 0.3) is 0 Å². The smallest absolute Gasteiger partial charge is 0.223 e. The number of hydrogen-bond acceptors (Lipinski definition) is 4. The Hall–Kier alpha value is -1.75. The van der Waals surface area contributed by atoms with Crippen molar-refractivity contribution in [1.82, 2.24) is 10.1 Å². The van der Waals surface area contributed by atoms with Crippen molar-refractivity contribution in [2.45, 2.75) is 19.9 Å². The first-order valence-corrected chi connectivity index (χ1v) is 4.90. The molecule has 1 atom stereocenters. The molecule has 0 bridgehead atoms. The summed E-state index contributed by atoms with van der Waals surface area (Å²) < 4.78 is 18.4. The highest BCUT2D eigenvalue weighted by molar-refractivity contribution is 5.29. The van der Waals surface area contributed by atoms with Gasteiger partial charge in [0.05, 0.1) is 6.04 Å². The fraction of sp³-hybridized carbons (Fsp3) is 0.273. The highest BCUT2D eigenvalue weighted by atomic mass is 19.1. The number of aromatic nitrogens is 2. The van der Waals surface area contributed by atoms with E-state index in [-0.39, 0.29) is 5.82 Å². The Labute approximate surface area is 92.3 Å². The van der Waals surface area contributed by atoms with Crippen LogP contribution in [-0.2, 0) is 0 Å². The van der Waals surface area contributed by atoms with Gasteiger partial charge in [0.25, 0.3) is 0 Å². The van der Waals surface area contributed by atoms with Gasteiger partial charge in [-0.1, -0.05) is 22.9 Å². The largest absolute Gasteiger partial charge is 0.340 e. The lowest BCUT2D eigenvalue weighted by Crippen LogP contribution is -2.15. The van der Waals surface area contributed by atoms with Crippen LogP contribution in [0.1, 0.15) is 28.9 Å². The van der Waals surface area contributed by atoms with Crippen LogP contribution >= 0.6 is 0 Å². The Kier molecular flexibility index (Phi) is 2.70. The molecule has 1 unspecified atom stereocenters. The summed E-state index contributed by atoms with van der Waals surface area (Å²) in [5.41, 5.74) is 7.19. The van der Waals surface area contributed by atoms with Gasteiger partial charge < -0.3 is 10.3 Å². The molecule has 0 radical (unpaired) electrons. The van der Waals surface area contributed by atoms with E-state index < -0.39 is 6.04 Å². The maximum atomic E-state index is 13.5. The zero-order chi connectivity index (χ0) is 11.7. The molecule has 0 saturated heterocycles. The molecule has 4 nitrogen and oxygen atoms in total. The van der Waals surface area contributed by atoms with E-state index in [1.165, 1.54) is 6.07 Å². The minimum atomic E-state index is -0.697. The molecular formula is C11H12FN3O. The van der Waals surface area contributed by atoms with Crippen LogP contribution < -0.4 is 5.73 Å². The van der Waals surface area contributed by atoms with Gasteiger partial charge >= 0.3 is 0 Å². The predicted molar refractivity (Wildman–Crippen MR) is 56.2 cm³/mol. The Morgan fingerprint density at radius 3 is 2.75 bits per heavy atom. The first kappa shape index (κ1) is 10.8. The summed E-state index contributed by atoms with van der Waals surface area (Å²) >= 11 is 0. The van der Waals surface area contributed by atoms with Crippen LogP contribution in [0.15, 0.2) is 22.7 Å². The Bertz CT molecular complexity index is 510. The zero-order valence-corrected chi connectivity index (χ0v) is 9.07. The van der Waals surface area contributed by atoms with Crippen molar-refractivity contribution in [3.8, 4) is 0 Å². The molecule has 0 spiro atoms. The lowest BCUT2D eigenvalue weighted by Gasteiger charge is -2.09. The Balaban J connectivity index is 2.40. The number of benzene rings is 1. The number of nitrogens with two attached hydrogens (primary N) is 1. The highest BCUT2D eigenvalue weighted by Gasteiger charge is 2.18. The van der Waals surface area contributed by atoms with E-state index in [1.54, 1.807) is 19.1 Å². The molecule has 16 heavy (non-hydrogen) atoms. The monoisotopic (exact) mass is 221 g/mol. The third-order valence-corrected chi connectivity index (χ3v) is 2.31. The van der Waals surface area contributed by atoms with Gasteiger partial charge in [0.2, 0.25) is 5.89 Å². The molecule has 5 heteroatoms. The van der Waals surface area contributed by atoms with Crippen LogP contribution in [0.3, 0.4) is 0 Å². The van der Waals surface area contributed by atoms with Gasteiger partial charge in [0, 0.05) is 12.5 Å². The minimum Gasteiger partial charge on any atom is -0.340 e. The molecule has 0 aliphatic rings. The fourth-order valence-electron chi connectivity index (χ4n) is 1.48. The van der Waals surface area contributed by atoms with Crippen LogP contribution in [0.4, 0.5) is 4.39 Å². The van der Waals surface area contributed by atoms with Crippen molar-refractivity contribution >= 4 is 0 Å². The third-order valence-electron chi connectivity index (χ3n) is 2.31. The van der Waals surface area contributed by atoms with Crippen molar-refractivity contribution in [2.24, 2.45) is 5.73 Å². The normalized spacial score (nSPS) is 12.8. The average molecular weight is 221 g/mol. The van der Waals surface area contributed by atoms with Gasteiger partial charge in [-0.3, -0.25) is 0 Å². The minimum absolute atomic E-state index is 0.294. The summed E-state index contributed by atoms with van der Waals surface area (Å²) in [4.78, 5) is 3.99. The SMILES string of the molecule is Cc1ccc(F)c(C(N)c2noc(C)n2)c1. The standard InChI is InChI=1S/C11H12FN3O/c1-6-3-4-9(12)8(5-6)10(13)11-14-7(2)16-15-11/h3-5,10H,13H2,1-2H3. The molecular weight excluding hydrogens is 209 g/mol. The van der Waals surface area contributed by atoms with Crippen molar-refractivity contribution in [3.63, 3.8) is 0 Å². The summed E-state index contributed by atoms with van der Waals surface area (Å²) in [7, 11) is 0. The lowest BCUT2D eigenvalue weighted by molar-refractivity contribution is 0.385. The first-order valence-electron chi connectivity index (χ1n) is 4.90. The van der Waals surface area contributed by atoms with E-state index in [9.17, 15) is 4.39 Å². The molecule has 1 heterocycles. The van der Waals surface area contributed by atoms with Crippen LogP contribution in [0.2, 0.25) is 0 Å². The fourth-order valence-corrected chi connectivity index (χ4v) is 1.48. The number of rotatable bonds is 2. The van der Waals surface area contributed by atoms with E-state index in [0.717, 1.165) is 5.56 Å². The van der Waals surface area contributed by atoms with Gasteiger partial charge in [-0.25, -0.2) is 4.39 Å². The maximum Gasteiger partial charge on any atom is 0.223 e. The third kappa shape index (κ3) is 1.94. The highest BCUT2D eigenvalue weighted by Crippen LogP contribution is 2.21. The second-order valence-corrected chi connectivity index (χ2v) is 3.67. The first-order chi connectivity index (χ1) is 7.58. The second-order valence-electron chi connectivity index (χ2n) is 3.67. The van der Waals surface area contributed by atoms with Crippen molar-refractivity contribution in [3.05, 3.63) is 46.9 Å². The van der Waals surface area contributed by atoms with E-state index in [0.29, 0.717) is 17.3 Å². The number of nitrogens with zero attached hydrogens (tertiary/aromatic N) is 2. The molecule has 0 aliphatic carbocycles. The van der Waals surface area contributed by atoms with Crippen LogP contribution in [-0.4, -0.2) is 10.1 Å². The molecule has 2 N–H and O–H groups in total. The van der Waals surface area contributed by atoms with Crippen molar-refractivity contribution < 1.29 is 8.91 Å². The summed E-state index contributed by atoms with van der Waals surface area (Å²) in [6.07, 6.45) is 0. The molecule has 0 amide bonds. The van der Waals surface area contributed by atoms with Gasteiger partial charge in [-0.2, -0.15) is 4.98 Å². The zero-order valence-electron chi connectivity index (χ0n) is 9.07. The molecule has 2 rings (SSSR count). The van der Waals surface area contributed by atoms with Gasteiger partial charge in [0.15, 0.2) is 5.82 Å². The van der Waals surface area contributed by atoms with Gasteiger partial charge in [-0.15, -0.1) is 0 Å². The topological polar surface area (TPSA) is 64.9 Å². The Morgan fingerprint density at radius 2 is 2.12 bits per heavy atom. The van der Waals surface area contributed by atoms with Crippen molar-refractivity contribution in [1.29, 1.82) is 0 Å². The predicted octanol–water partition coefficient (Wildman–Crippen LogP) is 1.87. The lowest BCUT2D eigenvalue weighted by atomic mass is 10.0. The number of halogens is 1. The van der Waals surface area contributed by atoms with E-state index in [1.807, 2.05) is 6.92 Å². The Morgan fingerprint density at radius 1 is 1.38 bits per heavy atom. The molecule has 0 aliphatic heterocycles. The summed E-state index contributed by atoms with van der Waals surface area (Å²) in [6.45, 7) is 3.53. The van der Waals surface area contributed by atoms with Crippen LogP contribution in [0.5, 0.6) is 0 Å². The summed E-state index contributed by atoms with van der Waals surface area (Å²) in [6, 6.07) is 4.06. The number of aryl methyl sites for hydroxylation is 2. The average Bonchev–Trinajstić information content (AvgIpc) is 2.67. The van der Waals surface area contributed by atoms with E-state index >= 15 is 0 Å². The van der Waals surface area contributed by atoms with Crippen molar-refractivity contribution in [2.75, 3.05) is 0 Å². The van der Waals surface area contributed by atoms with Gasteiger partial charge in [0.1, 0.15) is 5.82 Å². The summed E-state index contributed by atoms with van der Waals surface area (Å²) in [5.74, 6) is 0.348. The molecule has 0 fully saturated rings. The second kappa shape index (κ2) is 4.02. The molecule has 2 aromatic rings. The summed E-state index contributed by atoms with van der Waals surface area (Å²) in [5, 5.41) is 3.69. The molecule has 84 valence electrons. The van der Waals surface area contributed by atoms with E-state index in [2.05, 4.69) is 10.1 Å². The maximum absolute atomic E-state index is 13.5. The molecule has 1 aromatic carbocycles.